The molecule has 25 heavy (non-hydrogen) atoms. The highest BCUT2D eigenvalue weighted by atomic mass is 16.2. The molecular weight excluding hydrogens is 314 g/mol. The number of hydrogen-bond donors (Lipinski definition) is 3. The molecule has 0 aliphatic rings. The average Bonchev–Trinajstić information content (AvgIpc) is 2.65. The Morgan fingerprint density at radius 2 is 1.68 bits per heavy atom. The third-order valence-corrected chi connectivity index (χ3v) is 3.64. The van der Waals surface area contributed by atoms with Gasteiger partial charge in [-0.2, -0.15) is 0 Å². The van der Waals surface area contributed by atoms with Crippen molar-refractivity contribution in [1.82, 2.24) is 9.97 Å². The standard InChI is InChI=1S/C19H19N5O/c1-13(19(25)23-15-10-6-3-7-11-15)22-18-16(20)12-21-17(24-18)14-8-4-2-5-9-14/h2-13H,20H2,1H3,(H,23,25)(H,21,22,24). The van der Waals surface area contributed by atoms with E-state index in [1.165, 1.54) is 0 Å². The fraction of sp³-hybridized carbons (Fsp3) is 0.105. The number of benzene rings is 2. The summed E-state index contributed by atoms with van der Waals surface area (Å²) in [5.74, 6) is 0.808. The summed E-state index contributed by atoms with van der Waals surface area (Å²) < 4.78 is 0. The van der Waals surface area contributed by atoms with Crippen LogP contribution >= 0.6 is 0 Å². The molecule has 0 spiro atoms. The second-order valence-electron chi connectivity index (χ2n) is 5.58. The molecule has 0 bridgehead atoms. The van der Waals surface area contributed by atoms with Gasteiger partial charge in [0.15, 0.2) is 11.6 Å². The van der Waals surface area contributed by atoms with Crippen LogP contribution in [0.15, 0.2) is 66.9 Å². The van der Waals surface area contributed by atoms with Gasteiger partial charge in [0.1, 0.15) is 6.04 Å². The summed E-state index contributed by atoms with van der Waals surface area (Å²) in [6.45, 7) is 1.75. The first-order chi connectivity index (χ1) is 12.1. The number of rotatable bonds is 5. The van der Waals surface area contributed by atoms with Gasteiger partial charge in [0.25, 0.3) is 0 Å². The molecule has 0 saturated heterocycles. The van der Waals surface area contributed by atoms with Crippen LogP contribution in [0.3, 0.4) is 0 Å². The second kappa shape index (κ2) is 7.44. The highest BCUT2D eigenvalue weighted by molar-refractivity contribution is 5.96. The molecular formula is C19H19N5O. The second-order valence-corrected chi connectivity index (χ2v) is 5.58. The van der Waals surface area contributed by atoms with Gasteiger partial charge in [0.05, 0.1) is 11.9 Å². The lowest BCUT2D eigenvalue weighted by Gasteiger charge is -2.16. The quantitative estimate of drug-likeness (QED) is 0.667. The van der Waals surface area contributed by atoms with E-state index in [2.05, 4.69) is 20.6 Å². The molecule has 3 rings (SSSR count). The number of para-hydroxylation sites is 1. The van der Waals surface area contributed by atoms with Gasteiger partial charge in [-0.1, -0.05) is 48.5 Å². The van der Waals surface area contributed by atoms with Crippen molar-refractivity contribution >= 4 is 23.1 Å². The van der Waals surface area contributed by atoms with Crippen molar-refractivity contribution in [3.05, 3.63) is 66.9 Å². The lowest BCUT2D eigenvalue weighted by Crippen LogP contribution is -2.32. The Morgan fingerprint density at radius 1 is 1.04 bits per heavy atom. The predicted molar refractivity (Wildman–Crippen MR) is 100 cm³/mol. The largest absolute Gasteiger partial charge is 0.394 e. The monoisotopic (exact) mass is 333 g/mol. The first-order valence-electron chi connectivity index (χ1n) is 7.94. The van der Waals surface area contributed by atoms with Gasteiger partial charge >= 0.3 is 0 Å². The summed E-state index contributed by atoms with van der Waals surface area (Å²) in [6.07, 6.45) is 1.54. The fourth-order valence-electron chi connectivity index (χ4n) is 2.28. The van der Waals surface area contributed by atoms with E-state index >= 15 is 0 Å². The number of carbonyl (C=O) groups excluding carboxylic acids is 1. The Balaban J connectivity index is 1.74. The zero-order valence-electron chi connectivity index (χ0n) is 13.8. The van der Waals surface area contributed by atoms with Crippen molar-refractivity contribution in [2.75, 3.05) is 16.4 Å². The number of carbonyl (C=O) groups is 1. The van der Waals surface area contributed by atoms with Gasteiger partial charge in [-0.05, 0) is 19.1 Å². The molecule has 6 nitrogen and oxygen atoms in total. The number of nitrogens with two attached hydrogens (primary N) is 1. The van der Waals surface area contributed by atoms with E-state index in [1.54, 1.807) is 13.1 Å². The van der Waals surface area contributed by atoms with Crippen LogP contribution in [-0.4, -0.2) is 21.9 Å². The topological polar surface area (TPSA) is 92.9 Å². The van der Waals surface area contributed by atoms with Crippen molar-refractivity contribution in [2.24, 2.45) is 0 Å². The average molecular weight is 333 g/mol. The molecule has 0 fully saturated rings. The highest BCUT2D eigenvalue weighted by Gasteiger charge is 2.15. The van der Waals surface area contributed by atoms with Crippen LogP contribution in [0.1, 0.15) is 6.92 Å². The Labute approximate surface area is 146 Å². The lowest BCUT2D eigenvalue weighted by molar-refractivity contribution is -0.116. The minimum absolute atomic E-state index is 0.175. The Bertz CT molecular complexity index is 852. The molecule has 6 heteroatoms. The number of anilines is 3. The van der Waals surface area contributed by atoms with Crippen LogP contribution in [0.25, 0.3) is 11.4 Å². The molecule has 0 saturated carbocycles. The maximum absolute atomic E-state index is 12.3. The normalized spacial score (nSPS) is 11.6. The highest BCUT2D eigenvalue weighted by Crippen LogP contribution is 2.21. The number of nitrogens with zero attached hydrogens (tertiary/aromatic N) is 2. The molecule has 126 valence electrons. The molecule has 0 aliphatic heterocycles. The summed E-state index contributed by atoms with van der Waals surface area (Å²) in [4.78, 5) is 21.0. The van der Waals surface area contributed by atoms with Crippen molar-refractivity contribution in [3.63, 3.8) is 0 Å². The van der Waals surface area contributed by atoms with E-state index in [1.807, 2.05) is 60.7 Å². The smallest absolute Gasteiger partial charge is 0.246 e. The fourth-order valence-corrected chi connectivity index (χ4v) is 2.28. The first kappa shape index (κ1) is 16.4. The minimum Gasteiger partial charge on any atom is -0.394 e. The summed E-state index contributed by atoms with van der Waals surface area (Å²) >= 11 is 0. The molecule has 2 aromatic carbocycles. The SMILES string of the molecule is CC(Nc1nc(-c2ccccc2)ncc1N)C(=O)Nc1ccccc1. The van der Waals surface area contributed by atoms with Crippen LogP contribution in [0.2, 0.25) is 0 Å². The van der Waals surface area contributed by atoms with Gasteiger partial charge in [0, 0.05) is 11.3 Å². The molecule has 1 unspecified atom stereocenters. The molecule has 0 aliphatic carbocycles. The zero-order chi connectivity index (χ0) is 17.6. The molecule has 1 amide bonds. The number of amides is 1. The van der Waals surface area contributed by atoms with Crippen LogP contribution < -0.4 is 16.4 Å². The third-order valence-electron chi connectivity index (χ3n) is 3.64. The van der Waals surface area contributed by atoms with Gasteiger partial charge in [-0.3, -0.25) is 4.79 Å². The molecule has 1 atom stereocenters. The molecule has 3 aromatic rings. The first-order valence-corrected chi connectivity index (χ1v) is 7.94. The van der Waals surface area contributed by atoms with E-state index in [0.29, 0.717) is 17.3 Å². The number of aromatic nitrogens is 2. The van der Waals surface area contributed by atoms with Gasteiger partial charge in [0.2, 0.25) is 5.91 Å². The Kier molecular flexibility index (Phi) is 4.89. The molecule has 1 aromatic heterocycles. The van der Waals surface area contributed by atoms with E-state index in [-0.39, 0.29) is 5.91 Å². The number of nitrogens with one attached hydrogen (secondary N) is 2. The van der Waals surface area contributed by atoms with Crippen LogP contribution in [0.4, 0.5) is 17.2 Å². The summed E-state index contributed by atoms with van der Waals surface area (Å²) in [7, 11) is 0. The molecule has 4 N–H and O–H groups in total. The van der Waals surface area contributed by atoms with E-state index in [9.17, 15) is 4.79 Å². The summed E-state index contributed by atoms with van der Waals surface area (Å²) in [5.41, 5.74) is 7.96. The number of hydrogen-bond acceptors (Lipinski definition) is 5. The van der Waals surface area contributed by atoms with Crippen LogP contribution in [0.5, 0.6) is 0 Å². The maximum atomic E-state index is 12.3. The predicted octanol–water partition coefficient (Wildman–Crippen LogP) is 3.16. The minimum atomic E-state index is -0.513. The van der Waals surface area contributed by atoms with E-state index < -0.39 is 6.04 Å². The van der Waals surface area contributed by atoms with Crippen LogP contribution in [0, 0.1) is 0 Å². The van der Waals surface area contributed by atoms with Gasteiger partial charge in [-0.15, -0.1) is 0 Å². The van der Waals surface area contributed by atoms with Gasteiger partial charge < -0.3 is 16.4 Å². The number of nitrogen functional groups attached to an aromatic ring is 1. The Hall–Kier alpha value is -3.41. The van der Waals surface area contributed by atoms with Crippen molar-refractivity contribution in [2.45, 2.75) is 13.0 Å². The maximum Gasteiger partial charge on any atom is 0.246 e. The van der Waals surface area contributed by atoms with Crippen molar-refractivity contribution in [3.8, 4) is 11.4 Å². The Morgan fingerprint density at radius 3 is 2.36 bits per heavy atom. The van der Waals surface area contributed by atoms with Crippen LogP contribution in [-0.2, 0) is 4.79 Å². The molecule has 0 radical (unpaired) electrons. The zero-order valence-corrected chi connectivity index (χ0v) is 13.8. The van der Waals surface area contributed by atoms with Crippen molar-refractivity contribution < 1.29 is 4.79 Å². The van der Waals surface area contributed by atoms with E-state index in [4.69, 9.17) is 5.73 Å². The summed E-state index contributed by atoms with van der Waals surface area (Å²) in [5, 5.41) is 5.89. The lowest BCUT2D eigenvalue weighted by atomic mass is 10.2. The van der Waals surface area contributed by atoms with E-state index in [0.717, 1.165) is 11.3 Å². The van der Waals surface area contributed by atoms with Crippen molar-refractivity contribution in [1.29, 1.82) is 0 Å². The summed E-state index contributed by atoms with van der Waals surface area (Å²) in [6, 6.07) is 18.4. The van der Waals surface area contributed by atoms with Gasteiger partial charge in [-0.25, -0.2) is 9.97 Å². The molecule has 1 heterocycles. The third kappa shape index (κ3) is 4.11.